The summed E-state index contributed by atoms with van der Waals surface area (Å²) in [6, 6.07) is 8.96. The average molecular weight is 283 g/mol. The second kappa shape index (κ2) is 5.91. The topological polar surface area (TPSA) is 102 Å². The van der Waals surface area contributed by atoms with Crippen LogP contribution < -0.4 is 5.32 Å². The van der Waals surface area contributed by atoms with Gasteiger partial charge < -0.3 is 5.32 Å². The zero-order valence-corrected chi connectivity index (χ0v) is 11.4. The number of anilines is 1. The van der Waals surface area contributed by atoms with Crippen LogP contribution in [0.25, 0.3) is 10.2 Å². The molecule has 2 rings (SSSR count). The summed E-state index contributed by atoms with van der Waals surface area (Å²) in [6.07, 6.45) is 0. The van der Waals surface area contributed by atoms with Gasteiger partial charge in [-0.25, -0.2) is 4.98 Å². The van der Waals surface area contributed by atoms with Gasteiger partial charge in [-0.1, -0.05) is 17.4 Å². The van der Waals surface area contributed by atoms with Gasteiger partial charge in [-0.15, -0.1) is 0 Å². The number of carbonyl (C=O) groups excluding carboxylic acids is 1. The second-order valence-electron chi connectivity index (χ2n) is 3.89. The fraction of sp³-hybridized carbons (Fsp3) is 0.154. The van der Waals surface area contributed by atoms with E-state index in [9.17, 15) is 4.79 Å². The highest BCUT2D eigenvalue weighted by Crippen LogP contribution is 2.26. The molecular formula is C13H9N5OS. The highest BCUT2D eigenvalue weighted by Gasteiger charge is 2.06. The number of benzene rings is 1. The fourth-order valence-corrected chi connectivity index (χ4v) is 2.51. The van der Waals surface area contributed by atoms with Crippen LogP contribution in [0.2, 0.25) is 0 Å². The minimum Gasteiger partial charge on any atom is -0.302 e. The Balaban J connectivity index is 2.26. The molecule has 1 N–H and O–H groups in total. The van der Waals surface area contributed by atoms with Gasteiger partial charge in [0.05, 0.1) is 16.8 Å². The predicted octanol–water partition coefficient (Wildman–Crippen LogP) is 2.24. The SMILES string of the molecule is CC(=O)Nc1nc2ccc(CN=C(C#N)C#N)cc2s1. The maximum atomic E-state index is 11.0. The van der Waals surface area contributed by atoms with Gasteiger partial charge >= 0.3 is 0 Å². The van der Waals surface area contributed by atoms with Gasteiger partial charge in [0.2, 0.25) is 11.6 Å². The maximum Gasteiger partial charge on any atom is 0.223 e. The van der Waals surface area contributed by atoms with Crippen LogP contribution in [0.5, 0.6) is 0 Å². The number of aromatic nitrogens is 1. The number of nitrogens with zero attached hydrogens (tertiary/aromatic N) is 4. The Morgan fingerprint density at radius 2 is 2.20 bits per heavy atom. The van der Waals surface area contributed by atoms with Crippen molar-refractivity contribution in [2.24, 2.45) is 4.99 Å². The lowest BCUT2D eigenvalue weighted by Crippen LogP contribution is -2.04. The van der Waals surface area contributed by atoms with Crippen LogP contribution in [-0.4, -0.2) is 16.6 Å². The summed E-state index contributed by atoms with van der Waals surface area (Å²) in [5, 5.41) is 20.4. The average Bonchev–Trinajstić information content (AvgIpc) is 2.80. The van der Waals surface area contributed by atoms with E-state index in [0.29, 0.717) is 5.13 Å². The van der Waals surface area contributed by atoms with Crippen molar-refractivity contribution in [1.82, 2.24) is 4.98 Å². The van der Waals surface area contributed by atoms with Crippen molar-refractivity contribution in [2.75, 3.05) is 5.32 Å². The Morgan fingerprint density at radius 3 is 2.85 bits per heavy atom. The molecule has 98 valence electrons. The molecule has 0 radical (unpaired) electrons. The van der Waals surface area contributed by atoms with Crippen molar-refractivity contribution in [2.45, 2.75) is 13.5 Å². The van der Waals surface area contributed by atoms with Crippen molar-refractivity contribution < 1.29 is 4.79 Å². The molecule has 0 aliphatic rings. The maximum absolute atomic E-state index is 11.0. The van der Waals surface area contributed by atoms with E-state index in [-0.39, 0.29) is 18.2 Å². The van der Waals surface area contributed by atoms with Crippen LogP contribution in [-0.2, 0) is 11.3 Å². The van der Waals surface area contributed by atoms with Crippen molar-refractivity contribution in [1.29, 1.82) is 10.5 Å². The van der Waals surface area contributed by atoms with Gasteiger partial charge in [0.25, 0.3) is 0 Å². The monoisotopic (exact) mass is 283 g/mol. The van der Waals surface area contributed by atoms with E-state index in [2.05, 4.69) is 15.3 Å². The molecule has 7 heteroatoms. The third kappa shape index (κ3) is 3.16. The second-order valence-corrected chi connectivity index (χ2v) is 4.92. The summed E-state index contributed by atoms with van der Waals surface area (Å²) in [5.41, 5.74) is 1.51. The Morgan fingerprint density at radius 1 is 1.45 bits per heavy atom. The van der Waals surface area contributed by atoms with Gasteiger partial charge in [-0.05, 0) is 17.7 Å². The van der Waals surface area contributed by atoms with Crippen molar-refractivity contribution in [3.8, 4) is 12.1 Å². The predicted molar refractivity (Wildman–Crippen MR) is 76.3 cm³/mol. The number of nitriles is 2. The number of rotatable bonds is 3. The van der Waals surface area contributed by atoms with Crippen LogP contribution in [0.1, 0.15) is 12.5 Å². The molecular weight excluding hydrogens is 274 g/mol. The fourth-order valence-electron chi connectivity index (χ4n) is 1.54. The quantitative estimate of drug-likeness (QED) is 0.872. The third-order valence-electron chi connectivity index (χ3n) is 2.37. The van der Waals surface area contributed by atoms with E-state index >= 15 is 0 Å². The largest absolute Gasteiger partial charge is 0.302 e. The molecule has 2 aromatic rings. The van der Waals surface area contributed by atoms with Crippen molar-refractivity contribution >= 4 is 38.3 Å². The van der Waals surface area contributed by atoms with Crippen molar-refractivity contribution in [3.05, 3.63) is 23.8 Å². The zero-order valence-electron chi connectivity index (χ0n) is 10.5. The summed E-state index contributed by atoms with van der Waals surface area (Å²) >= 11 is 1.36. The van der Waals surface area contributed by atoms with Crippen molar-refractivity contribution in [3.63, 3.8) is 0 Å². The van der Waals surface area contributed by atoms with Gasteiger partial charge in [0.15, 0.2) is 5.13 Å². The molecule has 0 aliphatic carbocycles. The normalized spacial score (nSPS) is 9.55. The Hall–Kier alpha value is -2.77. The number of aliphatic imine (C=N–C) groups is 1. The molecule has 0 saturated heterocycles. The van der Waals surface area contributed by atoms with Crippen LogP contribution in [0, 0.1) is 22.7 Å². The lowest BCUT2D eigenvalue weighted by molar-refractivity contribution is -0.114. The van der Waals surface area contributed by atoms with E-state index in [1.165, 1.54) is 18.3 Å². The molecule has 0 aliphatic heterocycles. The molecule has 1 heterocycles. The standard InChI is InChI=1S/C13H9N5OS/c1-8(19)17-13-18-11-3-2-9(4-12(11)20-13)7-16-10(5-14)6-15/h2-4H,7H2,1H3,(H,17,18,19). The first kappa shape index (κ1) is 13.7. The number of nitrogens with one attached hydrogen (secondary N) is 1. The number of carbonyl (C=O) groups is 1. The first-order chi connectivity index (χ1) is 9.62. The lowest BCUT2D eigenvalue weighted by Gasteiger charge is -1.95. The van der Waals surface area contributed by atoms with E-state index in [4.69, 9.17) is 10.5 Å². The number of hydrogen-bond acceptors (Lipinski definition) is 6. The molecule has 1 amide bonds. The molecule has 0 spiro atoms. The Bertz CT molecular complexity index is 762. The first-order valence-electron chi connectivity index (χ1n) is 5.64. The highest BCUT2D eigenvalue weighted by atomic mass is 32.1. The number of thiazole rings is 1. The minimum atomic E-state index is -0.165. The van der Waals surface area contributed by atoms with Crippen LogP contribution >= 0.6 is 11.3 Å². The summed E-state index contributed by atoms with van der Waals surface area (Å²) in [4.78, 5) is 19.1. The van der Waals surface area contributed by atoms with Gasteiger partial charge in [0, 0.05) is 6.92 Å². The Kier molecular flexibility index (Phi) is 4.04. The minimum absolute atomic E-state index is 0.145. The summed E-state index contributed by atoms with van der Waals surface area (Å²) in [6.45, 7) is 1.69. The number of fused-ring (bicyclic) bond motifs is 1. The van der Waals surface area contributed by atoms with E-state index in [1.807, 2.05) is 18.2 Å². The zero-order chi connectivity index (χ0) is 14.5. The molecule has 1 aromatic heterocycles. The summed E-state index contributed by atoms with van der Waals surface area (Å²) < 4.78 is 0.914. The molecule has 0 bridgehead atoms. The van der Waals surface area contributed by atoms with Crippen LogP contribution in [0.15, 0.2) is 23.2 Å². The number of amides is 1. The van der Waals surface area contributed by atoms with Gasteiger partial charge in [-0.2, -0.15) is 10.5 Å². The molecule has 6 nitrogen and oxygen atoms in total. The molecule has 20 heavy (non-hydrogen) atoms. The molecule has 1 aromatic carbocycles. The van der Waals surface area contributed by atoms with Gasteiger partial charge in [0.1, 0.15) is 12.1 Å². The Labute approximate surface area is 119 Å². The van der Waals surface area contributed by atoms with Crippen LogP contribution in [0.3, 0.4) is 0 Å². The summed E-state index contributed by atoms with van der Waals surface area (Å²) in [5.74, 6) is -0.165. The molecule has 0 unspecified atom stereocenters. The lowest BCUT2D eigenvalue weighted by atomic mass is 10.2. The molecule has 0 saturated carbocycles. The smallest absolute Gasteiger partial charge is 0.223 e. The highest BCUT2D eigenvalue weighted by molar-refractivity contribution is 7.22. The third-order valence-corrected chi connectivity index (χ3v) is 3.30. The van der Waals surface area contributed by atoms with Crippen LogP contribution in [0.4, 0.5) is 5.13 Å². The first-order valence-corrected chi connectivity index (χ1v) is 6.45. The van der Waals surface area contributed by atoms with E-state index in [1.54, 1.807) is 12.1 Å². The van der Waals surface area contributed by atoms with E-state index in [0.717, 1.165) is 15.8 Å². The number of hydrogen-bond donors (Lipinski definition) is 1. The summed E-state index contributed by atoms with van der Waals surface area (Å²) in [7, 11) is 0. The molecule has 0 atom stereocenters. The van der Waals surface area contributed by atoms with Gasteiger partial charge in [-0.3, -0.25) is 9.79 Å². The van der Waals surface area contributed by atoms with E-state index < -0.39 is 0 Å². The molecule has 0 fully saturated rings.